The molecule has 3 N–H and O–H groups in total. The summed E-state index contributed by atoms with van der Waals surface area (Å²) in [6.45, 7) is 8.93. The lowest BCUT2D eigenvalue weighted by atomic mass is 10.2. The average molecular weight is 218 g/mol. The van der Waals surface area contributed by atoms with Crippen molar-refractivity contribution < 1.29 is 4.79 Å². The quantitative estimate of drug-likeness (QED) is 0.733. The number of amides is 1. The van der Waals surface area contributed by atoms with Crippen LogP contribution in [-0.2, 0) is 4.79 Å². The van der Waals surface area contributed by atoms with Crippen LogP contribution in [0.15, 0.2) is 0 Å². The highest BCUT2D eigenvalue weighted by atomic mass is 32.2. The van der Waals surface area contributed by atoms with E-state index in [0.717, 1.165) is 6.42 Å². The molecule has 4 heteroatoms. The largest absolute Gasteiger partial charge is 0.355 e. The summed E-state index contributed by atoms with van der Waals surface area (Å²) < 4.78 is 0.151. The molecule has 0 aliphatic rings. The Labute approximate surface area is 91.2 Å². The van der Waals surface area contributed by atoms with Crippen LogP contribution in [-0.4, -0.2) is 29.0 Å². The first-order chi connectivity index (χ1) is 6.31. The van der Waals surface area contributed by atoms with Crippen LogP contribution >= 0.6 is 11.8 Å². The van der Waals surface area contributed by atoms with Crippen molar-refractivity contribution in [1.29, 1.82) is 0 Å². The molecular formula is C10H22N2OS. The highest BCUT2D eigenvalue weighted by molar-refractivity contribution is 8.01. The van der Waals surface area contributed by atoms with Gasteiger partial charge < -0.3 is 11.1 Å². The minimum Gasteiger partial charge on any atom is -0.355 e. The van der Waals surface area contributed by atoms with Crippen LogP contribution in [0.4, 0.5) is 0 Å². The number of hydrogen-bond acceptors (Lipinski definition) is 3. The summed E-state index contributed by atoms with van der Waals surface area (Å²) in [5.41, 5.74) is 5.57. The third kappa shape index (κ3) is 9.86. The monoisotopic (exact) mass is 218 g/mol. The predicted octanol–water partition coefficient (Wildman–Crippen LogP) is 1.37. The fourth-order valence-electron chi connectivity index (χ4n) is 0.772. The summed E-state index contributed by atoms with van der Waals surface area (Å²) in [7, 11) is 0. The van der Waals surface area contributed by atoms with Crippen molar-refractivity contribution in [2.24, 2.45) is 5.73 Å². The molecule has 0 radical (unpaired) electrons. The minimum absolute atomic E-state index is 0.102. The number of rotatable bonds is 5. The van der Waals surface area contributed by atoms with Crippen molar-refractivity contribution in [3.05, 3.63) is 0 Å². The van der Waals surface area contributed by atoms with Crippen molar-refractivity contribution in [3.63, 3.8) is 0 Å². The molecule has 0 aromatic carbocycles. The van der Waals surface area contributed by atoms with Gasteiger partial charge in [-0.15, -0.1) is 11.8 Å². The zero-order chi connectivity index (χ0) is 11.2. The van der Waals surface area contributed by atoms with Crippen molar-refractivity contribution in [1.82, 2.24) is 5.32 Å². The Bertz CT molecular complexity index is 175. The van der Waals surface area contributed by atoms with Crippen LogP contribution in [0.1, 0.15) is 34.1 Å². The Morgan fingerprint density at radius 3 is 2.50 bits per heavy atom. The molecule has 0 heterocycles. The standard InChI is InChI=1S/C10H22N2OS/c1-8(11)5-6-12-9(13)7-14-10(2,3)4/h8H,5-7,11H2,1-4H3,(H,12,13). The zero-order valence-corrected chi connectivity index (χ0v) is 10.4. The molecule has 0 rings (SSSR count). The number of carbonyl (C=O) groups excluding carboxylic acids is 1. The fourth-order valence-corrected chi connectivity index (χ4v) is 1.44. The summed E-state index contributed by atoms with van der Waals surface area (Å²) in [5, 5.41) is 2.85. The Kier molecular flexibility index (Phi) is 6.20. The lowest BCUT2D eigenvalue weighted by Gasteiger charge is -2.17. The zero-order valence-electron chi connectivity index (χ0n) is 9.59. The Balaban J connectivity index is 3.47. The van der Waals surface area contributed by atoms with Gasteiger partial charge in [-0.25, -0.2) is 0 Å². The van der Waals surface area contributed by atoms with E-state index in [-0.39, 0.29) is 16.7 Å². The summed E-state index contributed by atoms with van der Waals surface area (Å²) in [6.07, 6.45) is 0.839. The lowest BCUT2D eigenvalue weighted by molar-refractivity contribution is -0.118. The third-order valence-electron chi connectivity index (χ3n) is 1.56. The molecule has 1 unspecified atom stereocenters. The van der Waals surface area contributed by atoms with E-state index in [2.05, 4.69) is 26.1 Å². The average Bonchev–Trinajstić information content (AvgIpc) is 1.99. The van der Waals surface area contributed by atoms with E-state index < -0.39 is 0 Å². The fraction of sp³-hybridized carbons (Fsp3) is 0.900. The molecule has 1 atom stereocenters. The maximum Gasteiger partial charge on any atom is 0.230 e. The smallest absolute Gasteiger partial charge is 0.230 e. The molecule has 1 amide bonds. The normalized spacial score (nSPS) is 13.8. The molecular weight excluding hydrogens is 196 g/mol. The van der Waals surface area contributed by atoms with Gasteiger partial charge in [-0.3, -0.25) is 4.79 Å². The maximum absolute atomic E-state index is 11.3. The van der Waals surface area contributed by atoms with Gasteiger partial charge in [0.05, 0.1) is 5.75 Å². The summed E-state index contributed by atoms with van der Waals surface area (Å²) in [4.78, 5) is 11.3. The molecule has 0 aliphatic heterocycles. The van der Waals surface area contributed by atoms with Crippen molar-refractivity contribution in [3.8, 4) is 0 Å². The van der Waals surface area contributed by atoms with Gasteiger partial charge in [0, 0.05) is 17.3 Å². The number of nitrogens with one attached hydrogen (secondary N) is 1. The van der Waals surface area contributed by atoms with E-state index in [1.54, 1.807) is 11.8 Å². The second kappa shape index (κ2) is 6.30. The highest BCUT2D eigenvalue weighted by Gasteiger charge is 2.12. The SMILES string of the molecule is CC(N)CCNC(=O)CSC(C)(C)C. The van der Waals surface area contributed by atoms with Gasteiger partial charge >= 0.3 is 0 Å². The van der Waals surface area contributed by atoms with E-state index in [4.69, 9.17) is 5.73 Å². The van der Waals surface area contributed by atoms with Crippen LogP contribution in [0.25, 0.3) is 0 Å². The third-order valence-corrected chi connectivity index (χ3v) is 2.83. The van der Waals surface area contributed by atoms with Gasteiger partial charge in [-0.05, 0) is 13.3 Å². The molecule has 0 aliphatic carbocycles. The van der Waals surface area contributed by atoms with Gasteiger partial charge in [0.1, 0.15) is 0 Å². The molecule has 0 aromatic heterocycles. The molecule has 14 heavy (non-hydrogen) atoms. The van der Waals surface area contributed by atoms with Gasteiger partial charge in [0.25, 0.3) is 0 Å². The van der Waals surface area contributed by atoms with E-state index in [9.17, 15) is 4.79 Å². The van der Waals surface area contributed by atoms with Crippen LogP contribution in [0.5, 0.6) is 0 Å². The molecule has 0 aromatic rings. The van der Waals surface area contributed by atoms with Crippen LogP contribution < -0.4 is 11.1 Å². The van der Waals surface area contributed by atoms with Gasteiger partial charge in [0.2, 0.25) is 5.91 Å². The van der Waals surface area contributed by atoms with Crippen LogP contribution in [0.2, 0.25) is 0 Å². The van der Waals surface area contributed by atoms with E-state index in [0.29, 0.717) is 12.3 Å². The molecule has 84 valence electrons. The van der Waals surface area contributed by atoms with Crippen molar-refractivity contribution in [2.45, 2.75) is 44.9 Å². The van der Waals surface area contributed by atoms with E-state index in [1.807, 2.05) is 6.92 Å². The summed E-state index contributed by atoms with van der Waals surface area (Å²) in [5.74, 6) is 0.633. The predicted molar refractivity (Wildman–Crippen MR) is 63.5 cm³/mol. The number of hydrogen-bond donors (Lipinski definition) is 2. The first-order valence-corrected chi connectivity index (χ1v) is 5.96. The summed E-state index contributed by atoms with van der Waals surface area (Å²) >= 11 is 1.66. The van der Waals surface area contributed by atoms with E-state index in [1.165, 1.54) is 0 Å². The Morgan fingerprint density at radius 2 is 2.07 bits per heavy atom. The number of carbonyl (C=O) groups is 1. The van der Waals surface area contributed by atoms with Crippen LogP contribution in [0.3, 0.4) is 0 Å². The minimum atomic E-state index is 0.102. The highest BCUT2D eigenvalue weighted by Crippen LogP contribution is 2.22. The van der Waals surface area contributed by atoms with Gasteiger partial charge in [-0.2, -0.15) is 0 Å². The second-order valence-corrected chi connectivity index (χ2v) is 6.32. The molecule has 0 saturated heterocycles. The number of nitrogens with two attached hydrogens (primary N) is 1. The molecule has 0 fully saturated rings. The van der Waals surface area contributed by atoms with Gasteiger partial charge in [0.15, 0.2) is 0 Å². The van der Waals surface area contributed by atoms with Crippen molar-refractivity contribution >= 4 is 17.7 Å². The van der Waals surface area contributed by atoms with Crippen molar-refractivity contribution in [2.75, 3.05) is 12.3 Å². The molecule has 3 nitrogen and oxygen atoms in total. The van der Waals surface area contributed by atoms with E-state index >= 15 is 0 Å². The molecule has 0 saturated carbocycles. The maximum atomic E-state index is 11.3. The Hall–Kier alpha value is -0.220. The topological polar surface area (TPSA) is 55.1 Å². The van der Waals surface area contributed by atoms with Crippen LogP contribution in [0, 0.1) is 0 Å². The Morgan fingerprint density at radius 1 is 1.50 bits per heavy atom. The molecule has 0 bridgehead atoms. The first-order valence-electron chi connectivity index (χ1n) is 4.97. The molecule has 0 spiro atoms. The first kappa shape index (κ1) is 13.8. The summed E-state index contributed by atoms with van der Waals surface area (Å²) in [6, 6.07) is 0.158. The van der Waals surface area contributed by atoms with Gasteiger partial charge in [-0.1, -0.05) is 20.8 Å². The second-order valence-electron chi connectivity index (χ2n) is 4.52. The number of thioether (sulfide) groups is 1. The lowest BCUT2D eigenvalue weighted by Crippen LogP contribution is -2.31.